The predicted octanol–water partition coefficient (Wildman–Crippen LogP) is 6.02. The lowest BCUT2D eigenvalue weighted by Crippen LogP contribution is -1.86. The second-order valence-electron chi connectivity index (χ2n) is 5.18. The molecule has 0 fully saturated rings. The van der Waals surface area contributed by atoms with Gasteiger partial charge in [-0.3, -0.25) is 0 Å². The van der Waals surface area contributed by atoms with Gasteiger partial charge in [-0.1, -0.05) is 61.9 Å². The monoisotopic (exact) mass is 286 g/mol. The molecule has 2 aromatic rings. The van der Waals surface area contributed by atoms with Crippen LogP contribution in [0.3, 0.4) is 0 Å². The quantitative estimate of drug-likeness (QED) is 0.609. The van der Waals surface area contributed by atoms with Crippen molar-refractivity contribution in [2.75, 3.05) is 0 Å². The molecule has 0 bridgehead atoms. The van der Waals surface area contributed by atoms with E-state index in [-0.39, 0.29) is 0 Å². The summed E-state index contributed by atoms with van der Waals surface area (Å²) in [6.45, 7) is 2.18. The third kappa shape index (κ3) is 4.82. The van der Waals surface area contributed by atoms with E-state index in [0.717, 1.165) is 30.0 Å². The van der Waals surface area contributed by atoms with Gasteiger partial charge in [-0.05, 0) is 47.6 Å². The van der Waals surface area contributed by atoms with Gasteiger partial charge in [0.15, 0.2) is 0 Å². The zero-order valence-electron chi connectivity index (χ0n) is 12.3. The number of hydrogen-bond donors (Lipinski definition) is 0. The molecule has 110 valence electrons. The minimum atomic E-state index is -1.60. The fraction of sp³-hybridized carbons (Fsp3) is 0.263. The molecule has 0 N–H and O–H groups in total. The molecule has 21 heavy (non-hydrogen) atoms. The van der Waals surface area contributed by atoms with Gasteiger partial charge in [0.1, 0.15) is 0 Å². The summed E-state index contributed by atoms with van der Waals surface area (Å²) in [4.78, 5) is 0. The Morgan fingerprint density at radius 3 is 1.71 bits per heavy atom. The highest BCUT2D eigenvalue weighted by atomic mass is 19.3. The summed E-state index contributed by atoms with van der Waals surface area (Å²) >= 11 is 0. The van der Waals surface area contributed by atoms with Crippen LogP contribution in [-0.2, 0) is 12.8 Å². The Kier molecular flexibility index (Phi) is 5.68. The van der Waals surface area contributed by atoms with Crippen molar-refractivity contribution in [1.82, 2.24) is 0 Å². The van der Waals surface area contributed by atoms with Crippen LogP contribution in [0.5, 0.6) is 0 Å². The van der Waals surface area contributed by atoms with Crippen LogP contribution in [0.4, 0.5) is 8.78 Å². The summed E-state index contributed by atoms with van der Waals surface area (Å²) in [5.41, 5.74) is 4.79. The van der Waals surface area contributed by atoms with Gasteiger partial charge in [0, 0.05) is 0 Å². The topological polar surface area (TPSA) is 0 Å². The first-order chi connectivity index (χ1) is 10.2. The van der Waals surface area contributed by atoms with E-state index in [9.17, 15) is 8.78 Å². The van der Waals surface area contributed by atoms with E-state index in [1.54, 1.807) is 0 Å². The summed E-state index contributed by atoms with van der Waals surface area (Å²) < 4.78 is 23.9. The molecule has 2 aromatic carbocycles. The van der Waals surface area contributed by atoms with Crippen LogP contribution >= 0.6 is 0 Å². The van der Waals surface area contributed by atoms with Gasteiger partial charge < -0.3 is 0 Å². The molecule has 0 spiro atoms. The highest BCUT2D eigenvalue weighted by Gasteiger charge is 1.99. The van der Waals surface area contributed by atoms with Crippen LogP contribution in [0.15, 0.2) is 60.7 Å². The molecule has 0 aliphatic rings. The molecule has 0 unspecified atom stereocenters. The SMILES string of the molecule is CCCc1ccc(-c2ccc(CCC=C(F)F)cc2)cc1. The van der Waals surface area contributed by atoms with Crippen LogP contribution in [0.2, 0.25) is 0 Å². The van der Waals surface area contributed by atoms with E-state index in [4.69, 9.17) is 0 Å². The van der Waals surface area contributed by atoms with Crippen molar-refractivity contribution in [1.29, 1.82) is 0 Å². The second-order valence-corrected chi connectivity index (χ2v) is 5.18. The Labute approximate surface area is 125 Å². The molecular weight excluding hydrogens is 266 g/mol. The van der Waals surface area contributed by atoms with E-state index >= 15 is 0 Å². The minimum absolute atomic E-state index is 0.382. The average Bonchev–Trinajstić information content (AvgIpc) is 2.49. The molecule has 2 heteroatoms. The Bertz CT molecular complexity index is 576. The molecule has 0 aromatic heterocycles. The van der Waals surface area contributed by atoms with Crippen LogP contribution < -0.4 is 0 Å². The summed E-state index contributed by atoms with van der Waals surface area (Å²) in [5, 5.41) is 0. The van der Waals surface area contributed by atoms with Crippen molar-refractivity contribution in [3.63, 3.8) is 0 Å². The van der Waals surface area contributed by atoms with E-state index in [0.29, 0.717) is 12.8 Å². The number of allylic oxidation sites excluding steroid dienone is 1. The number of benzene rings is 2. The fourth-order valence-corrected chi connectivity index (χ4v) is 2.36. The molecule has 0 heterocycles. The molecule has 0 radical (unpaired) electrons. The number of aryl methyl sites for hydroxylation is 2. The fourth-order valence-electron chi connectivity index (χ4n) is 2.36. The van der Waals surface area contributed by atoms with E-state index in [1.807, 2.05) is 12.1 Å². The van der Waals surface area contributed by atoms with Crippen molar-refractivity contribution in [3.05, 3.63) is 71.8 Å². The van der Waals surface area contributed by atoms with Gasteiger partial charge in [0.05, 0.1) is 0 Å². The summed E-state index contributed by atoms with van der Waals surface area (Å²) in [6.07, 6.45) is 2.67. The van der Waals surface area contributed by atoms with Crippen molar-refractivity contribution in [3.8, 4) is 11.1 Å². The zero-order valence-corrected chi connectivity index (χ0v) is 12.3. The average molecular weight is 286 g/mol. The Morgan fingerprint density at radius 1 is 0.810 bits per heavy atom. The van der Waals surface area contributed by atoms with E-state index in [2.05, 4.69) is 43.3 Å². The van der Waals surface area contributed by atoms with Gasteiger partial charge in [-0.25, -0.2) is 0 Å². The van der Waals surface area contributed by atoms with Gasteiger partial charge in [0.2, 0.25) is 0 Å². The molecule has 0 atom stereocenters. The van der Waals surface area contributed by atoms with Crippen LogP contribution in [-0.4, -0.2) is 0 Å². The molecular formula is C19H20F2. The molecule has 0 aliphatic heterocycles. The number of hydrogen-bond acceptors (Lipinski definition) is 0. The Hall–Kier alpha value is -1.96. The summed E-state index contributed by atoms with van der Waals surface area (Å²) in [5.74, 6) is 0. The maximum absolute atomic E-state index is 12.0. The standard InChI is InChI=1S/C19H20F2/c1-2-4-15-7-11-17(12-8-15)18-13-9-16(10-14-18)5-3-6-19(20)21/h6-14H,2-5H2,1H3. The maximum atomic E-state index is 12.0. The van der Waals surface area contributed by atoms with Crippen LogP contribution in [0, 0.1) is 0 Å². The maximum Gasteiger partial charge on any atom is 0.266 e. The molecule has 0 aliphatic carbocycles. The van der Waals surface area contributed by atoms with Crippen molar-refractivity contribution in [2.45, 2.75) is 32.6 Å². The summed E-state index contributed by atoms with van der Waals surface area (Å²) in [6, 6.07) is 16.8. The first kappa shape index (κ1) is 15.4. The van der Waals surface area contributed by atoms with Crippen molar-refractivity contribution in [2.24, 2.45) is 0 Å². The number of rotatable bonds is 6. The lowest BCUT2D eigenvalue weighted by molar-refractivity contribution is 0.417. The Morgan fingerprint density at radius 2 is 1.29 bits per heavy atom. The third-order valence-corrected chi connectivity index (χ3v) is 3.51. The first-order valence-electron chi connectivity index (χ1n) is 7.38. The van der Waals surface area contributed by atoms with Crippen molar-refractivity contribution < 1.29 is 8.78 Å². The highest BCUT2D eigenvalue weighted by Crippen LogP contribution is 2.21. The number of halogens is 2. The molecule has 2 rings (SSSR count). The first-order valence-corrected chi connectivity index (χ1v) is 7.38. The van der Waals surface area contributed by atoms with Crippen LogP contribution in [0.1, 0.15) is 30.9 Å². The van der Waals surface area contributed by atoms with E-state index in [1.165, 1.54) is 11.1 Å². The van der Waals surface area contributed by atoms with E-state index < -0.39 is 6.08 Å². The molecule has 0 saturated carbocycles. The van der Waals surface area contributed by atoms with Crippen LogP contribution in [0.25, 0.3) is 11.1 Å². The lowest BCUT2D eigenvalue weighted by Gasteiger charge is -2.05. The lowest BCUT2D eigenvalue weighted by atomic mass is 10.00. The smallest absolute Gasteiger partial charge is 0.174 e. The second kappa shape index (κ2) is 7.72. The van der Waals surface area contributed by atoms with Gasteiger partial charge >= 0.3 is 0 Å². The zero-order chi connectivity index (χ0) is 15.1. The van der Waals surface area contributed by atoms with Gasteiger partial charge in [0.25, 0.3) is 6.08 Å². The normalized spacial score (nSPS) is 10.4. The summed E-state index contributed by atoms with van der Waals surface area (Å²) in [7, 11) is 0. The molecule has 0 saturated heterocycles. The largest absolute Gasteiger partial charge is 0.266 e. The minimum Gasteiger partial charge on any atom is -0.174 e. The van der Waals surface area contributed by atoms with Crippen molar-refractivity contribution >= 4 is 0 Å². The third-order valence-electron chi connectivity index (χ3n) is 3.51. The van der Waals surface area contributed by atoms with Gasteiger partial charge in [-0.15, -0.1) is 0 Å². The molecule has 0 amide bonds. The molecule has 0 nitrogen and oxygen atoms in total. The highest BCUT2D eigenvalue weighted by molar-refractivity contribution is 5.63. The Balaban J connectivity index is 2.02. The van der Waals surface area contributed by atoms with Gasteiger partial charge in [-0.2, -0.15) is 8.78 Å². The predicted molar refractivity (Wildman–Crippen MR) is 84.5 cm³/mol.